The van der Waals surface area contributed by atoms with E-state index in [1.807, 2.05) is 13.0 Å². The van der Waals surface area contributed by atoms with Crippen molar-refractivity contribution in [2.45, 2.75) is 84.8 Å². The molecule has 6 heteroatoms. The van der Waals surface area contributed by atoms with Crippen molar-refractivity contribution in [2.24, 2.45) is 40.4 Å². The van der Waals surface area contributed by atoms with Crippen LogP contribution in [0.25, 0.3) is 0 Å². The lowest BCUT2D eigenvalue weighted by Gasteiger charge is -2.61. The average Bonchev–Trinajstić information content (AvgIpc) is 2.98. The summed E-state index contributed by atoms with van der Waals surface area (Å²) in [7, 11) is 0. The SMILES string of the molecule is CC(C)C(=O)OCC(=O)[C@@]1(O)CC[C@H]2[C@@H]3CC(C)C4=CC(=O)CC[C@]4(C)[C@H]3C(O)C[C@@]21C. The summed E-state index contributed by atoms with van der Waals surface area (Å²) in [6, 6.07) is 0. The van der Waals surface area contributed by atoms with Gasteiger partial charge in [-0.2, -0.15) is 0 Å². The van der Waals surface area contributed by atoms with Crippen molar-refractivity contribution in [3.63, 3.8) is 0 Å². The van der Waals surface area contributed by atoms with Crippen LogP contribution in [-0.2, 0) is 19.1 Å². The van der Waals surface area contributed by atoms with Crippen LogP contribution in [0.3, 0.4) is 0 Å². The summed E-state index contributed by atoms with van der Waals surface area (Å²) in [6.45, 7) is 9.28. The zero-order valence-electron chi connectivity index (χ0n) is 20.0. The summed E-state index contributed by atoms with van der Waals surface area (Å²) in [6.07, 6.45) is 4.65. The molecule has 2 N–H and O–H groups in total. The van der Waals surface area contributed by atoms with Crippen molar-refractivity contribution >= 4 is 17.5 Å². The quantitative estimate of drug-likeness (QED) is 0.643. The highest BCUT2D eigenvalue weighted by Crippen LogP contribution is 2.68. The zero-order valence-corrected chi connectivity index (χ0v) is 20.0. The molecule has 0 aromatic heterocycles. The van der Waals surface area contributed by atoms with Gasteiger partial charge in [0.15, 0.2) is 12.4 Å². The van der Waals surface area contributed by atoms with Crippen LogP contribution in [0.1, 0.15) is 73.1 Å². The van der Waals surface area contributed by atoms with Crippen molar-refractivity contribution in [1.82, 2.24) is 0 Å². The molecule has 0 heterocycles. The Morgan fingerprint density at radius 1 is 1.25 bits per heavy atom. The number of rotatable bonds is 4. The maximum Gasteiger partial charge on any atom is 0.308 e. The van der Waals surface area contributed by atoms with E-state index in [0.29, 0.717) is 25.7 Å². The zero-order chi connectivity index (χ0) is 23.6. The largest absolute Gasteiger partial charge is 0.457 e. The molecule has 3 saturated carbocycles. The van der Waals surface area contributed by atoms with Gasteiger partial charge in [-0.05, 0) is 67.3 Å². The molecule has 4 aliphatic carbocycles. The first kappa shape index (κ1) is 23.6. The molecule has 0 saturated heterocycles. The normalized spacial score (nSPS) is 45.6. The molecular weight excluding hydrogens is 408 g/mol. The molecule has 4 aliphatic rings. The van der Waals surface area contributed by atoms with Gasteiger partial charge >= 0.3 is 5.97 Å². The Hall–Kier alpha value is -1.53. The molecular formula is C26H38O6. The Balaban J connectivity index is 1.63. The summed E-state index contributed by atoms with van der Waals surface area (Å²) in [4.78, 5) is 37.2. The number of carbonyl (C=O) groups excluding carboxylic acids is 3. The van der Waals surface area contributed by atoms with E-state index < -0.39 is 35.5 Å². The maximum atomic E-state index is 13.2. The molecule has 32 heavy (non-hydrogen) atoms. The summed E-state index contributed by atoms with van der Waals surface area (Å²) in [5.74, 6) is -0.543. The number of aliphatic hydroxyl groups excluding tert-OH is 1. The topological polar surface area (TPSA) is 101 Å². The minimum atomic E-state index is -1.61. The third-order valence-corrected chi connectivity index (χ3v) is 9.64. The van der Waals surface area contributed by atoms with Crippen LogP contribution in [0.5, 0.6) is 0 Å². The van der Waals surface area contributed by atoms with Gasteiger partial charge in [-0.3, -0.25) is 14.4 Å². The number of aliphatic hydroxyl groups is 2. The molecule has 0 bridgehead atoms. The van der Waals surface area contributed by atoms with E-state index in [9.17, 15) is 24.6 Å². The van der Waals surface area contributed by atoms with Gasteiger partial charge in [0.1, 0.15) is 5.60 Å². The van der Waals surface area contributed by atoms with Gasteiger partial charge in [0.2, 0.25) is 5.78 Å². The van der Waals surface area contributed by atoms with E-state index in [1.165, 1.54) is 5.57 Å². The summed E-state index contributed by atoms with van der Waals surface area (Å²) >= 11 is 0. The number of esters is 1. The fourth-order valence-electron chi connectivity index (χ4n) is 8.00. The fraction of sp³-hybridized carbons (Fsp3) is 0.808. The maximum absolute atomic E-state index is 13.2. The molecule has 3 fully saturated rings. The van der Waals surface area contributed by atoms with Gasteiger partial charge in [-0.1, -0.05) is 40.2 Å². The molecule has 0 aromatic rings. The summed E-state index contributed by atoms with van der Waals surface area (Å²) < 4.78 is 5.16. The highest BCUT2D eigenvalue weighted by atomic mass is 16.5. The van der Waals surface area contributed by atoms with Crippen molar-refractivity contribution in [1.29, 1.82) is 0 Å². The molecule has 0 amide bonds. The van der Waals surface area contributed by atoms with Gasteiger partial charge in [-0.25, -0.2) is 0 Å². The van der Waals surface area contributed by atoms with Crippen LogP contribution < -0.4 is 0 Å². The minimum absolute atomic E-state index is 0.0207. The van der Waals surface area contributed by atoms with E-state index in [-0.39, 0.29) is 40.8 Å². The smallest absolute Gasteiger partial charge is 0.308 e. The molecule has 0 radical (unpaired) electrons. The van der Waals surface area contributed by atoms with Crippen molar-refractivity contribution in [3.05, 3.63) is 11.6 Å². The van der Waals surface area contributed by atoms with Gasteiger partial charge < -0.3 is 14.9 Å². The van der Waals surface area contributed by atoms with E-state index in [2.05, 4.69) is 13.8 Å². The number of carbonyl (C=O) groups is 3. The average molecular weight is 447 g/mol. The lowest BCUT2D eigenvalue weighted by Crippen LogP contribution is -2.62. The highest BCUT2D eigenvalue weighted by Gasteiger charge is 2.68. The molecule has 0 aromatic carbocycles. The standard InChI is InChI=1S/C26H38O6/c1-14(2)23(30)32-13-21(29)26(31)9-7-18-17-10-15(3)19-11-16(27)6-8-24(19,4)22(17)20(28)12-25(18,26)5/h11,14-15,17-18,20,22,28,31H,6-10,12-13H2,1-5H3/t15?,17-,18-,20?,22+,24-,25-,26-/m0/s1. The van der Waals surface area contributed by atoms with E-state index >= 15 is 0 Å². The number of allylic oxidation sites excluding steroid dienone is 1. The number of hydrogen-bond donors (Lipinski definition) is 2. The Morgan fingerprint density at radius 2 is 1.94 bits per heavy atom. The van der Waals surface area contributed by atoms with Crippen LogP contribution in [-0.4, -0.2) is 46.1 Å². The Labute approximate surface area is 190 Å². The summed E-state index contributed by atoms with van der Waals surface area (Å²) in [5, 5.41) is 23.1. The number of ketones is 2. The van der Waals surface area contributed by atoms with Gasteiger partial charge in [-0.15, -0.1) is 0 Å². The molecule has 4 rings (SSSR count). The van der Waals surface area contributed by atoms with Crippen molar-refractivity contribution in [2.75, 3.05) is 6.61 Å². The Kier molecular flexibility index (Phi) is 5.73. The predicted molar refractivity (Wildman–Crippen MR) is 118 cm³/mol. The van der Waals surface area contributed by atoms with Crippen LogP contribution >= 0.6 is 0 Å². The second kappa shape index (κ2) is 7.76. The third-order valence-electron chi connectivity index (χ3n) is 9.64. The van der Waals surface area contributed by atoms with Crippen LogP contribution in [0, 0.1) is 40.4 Å². The number of hydrogen-bond acceptors (Lipinski definition) is 6. The number of fused-ring (bicyclic) bond motifs is 5. The third kappa shape index (κ3) is 3.24. The predicted octanol–water partition coefficient (Wildman–Crippen LogP) is 3.23. The van der Waals surface area contributed by atoms with Crippen molar-refractivity contribution < 1.29 is 29.3 Å². The molecule has 8 atom stereocenters. The second-order valence-corrected chi connectivity index (χ2v) is 11.7. The van der Waals surface area contributed by atoms with Gasteiger partial charge in [0.05, 0.1) is 12.0 Å². The summed E-state index contributed by atoms with van der Waals surface area (Å²) in [5.41, 5.74) is -1.43. The number of Topliss-reactive ketones (excluding diaryl/α,β-unsaturated/α-hetero) is 1. The Morgan fingerprint density at radius 3 is 2.59 bits per heavy atom. The minimum Gasteiger partial charge on any atom is -0.457 e. The molecule has 0 aliphatic heterocycles. The van der Waals surface area contributed by atoms with E-state index in [4.69, 9.17) is 4.74 Å². The molecule has 6 nitrogen and oxygen atoms in total. The van der Waals surface area contributed by atoms with E-state index in [1.54, 1.807) is 13.8 Å². The highest BCUT2D eigenvalue weighted by molar-refractivity contribution is 5.92. The van der Waals surface area contributed by atoms with Crippen LogP contribution in [0.2, 0.25) is 0 Å². The Bertz CT molecular complexity index is 860. The van der Waals surface area contributed by atoms with Crippen molar-refractivity contribution in [3.8, 4) is 0 Å². The lowest BCUT2D eigenvalue weighted by molar-refractivity contribution is -0.186. The van der Waals surface area contributed by atoms with E-state index in [0.717, 1.165) is 12.8 Å². The monoisotopic (exact) mass is 446 g/mol. The van der Waals surface area contributed by atoms with Crippen LogP contribution in [0.4, 0.5) is 0 Å². The second-order valence-electron chi connectivity index (χ2n) is 11.7. The lowest BCUT2D eigenvalue weighted by atomic mass is 9.44. The first-order valence-electron chi connectivity index (χ1n) is 12.2. The van der Waals surface area contributed by atoms with Crippen LogP contribution in [0.15, 0.2) is 11.6 Å². The molecule has 2 unspecified atom stereocenters. The first-order valence-corrected chi connectivity index (χ1v) is 12.2. The van der Waals surface area contributed by atoms with Gasteiger partial charge in [0.25, 0.3) is 0 Å². The number of ether oxygens (including phenoxy) is 1. The molecule has 178 valence electrons. The fourth-order valence-corrected chi connectivity index (χ4v) is 8.00. The molecule has 0 spiro atoms. The first-order chi connectivity index (χ1) is 14.8. The van der Waals surface area contributed by atoms with Gasteiger partial charge in [0, 0.05) is 11.8 Å².